The van der Waals surface area contributed by atoms with Gasteiger partial charge in [-0.2, -0.15) is 0 Å². The number of nitrogens with zero attached hydrogens (tertiary/aromatic N) is 1. The number of carbonyl (C=O) groups is 1. The molecule has 0 aromatic carbocycles. The average molecular weight is 171 g/mol. The van der Waals surface area contributed by atoms with Crippen molar-refractivity contribution < 1.29 is 14.3 Å². The second-order valence-electron chi connectivity index (χ2n) is 2.80. The lowest BCUT2D eigenvalue weighted by atomic mass is 10.2. The van der Waals surface area contributed by atoms with Gasteiger partial charge in [-0.3, -0.25) is 4.90 Å². The maximum absolute atomic E-state index is 12.6. The third-order valence-electron chi connectivity index (χ3n) is 1.89. The minimum atomic E-state index is -1.02. The summed E-state index contributed by atoms with van der Waals surface area (Å²) in [6.07, 6.45) is -1.02. The van der Waals surface area contributed by atoms with E-state index in [1.54, 1.807) is 6.92 Å². The first-order valence-electron chi connectivity index (χ1n) is 3.53. The molecule has 1 aliphatic rings. The predicted molar refractivity (Wildman–Crippen MR) is 42.5 cm³/mol. The lowest BCUT2D eigenvalue weighted by Gasteiger charge is -2.10. The third-order valence-corrected chi connectivity index (χ3v) is 1.89. The van der Waals surface area contributed by atoms with Gasteiger partial charge in [-0.1, -0.05) is 6.58 Å². The van der Waals surface area contributed by atoms with Gasteiger partial charge in [0.15, 0.2) is 0 Å². The van der Waals surface area contributed by atoms with Gasteiger partial charge in [-0.25, -0.2) is 9.18 Å². The smallest absolute Gasteiger partial charge is 0.407 e. The van der Waals surface area contributed by atoms with Crippen LogP contribution in [0.15, 0.2) is 23.6 Å². The molecule has 0 unspecified atom stereocenters. The maximum atomic E-state index is 12.6. The van der Waals surface area contributed by atoms with Crippen LogP contribution in [0.5, 0.6) is 0 Å². The Morgan fingerprint density at radius 1 is 1.67 bits per heavy atom. The van der Waals surface area contributed by atoms with Gasteiger partial charge in [0.25, 0.3) is 0 Å². The van der Waals surface area contributed by atoms with E-state index in [0.717, 1.165) is 10.5 Å². The van der Waals surface area contributed by atoms with Crippen LogP contribution in [0.1, 0.15) is 6.92 Å². The number of rotatable bonds is 1. The van der Waals surface area contributed by atoms with Crippen LogP contribution >= 0.6 is 0 Å². The largest absolute Gasteiger partial charge is 0.465 e. The Morgan fingerprint density at radius 3 is 2.50 bits per heavy atom. The highest BCUT2D eigenvalue weighted by atomic mass is 19.1. The summed E-state index contributed by atoms with van der Waals surface area (Å²) in [7, 11) is 0. The summed E-state index contributed by atoms with van der Waals surface area (Å²) < 4.78 is 12.6. The van der Waals surface area contributed by atoms with E-state index in [1.165, 1.54) is 0 Å². The number of amides is 1. The molecular weight excluding hydrogens is 161 g/mol. The Labute approximate surface area is 69.8 Å². The molecule has 0 bridgehead atoms. The van der Waals surface area contributed by atoms with E-state index in [9.17, 15) is 9.18 Å². The molecule has 0 fully saturated rings. The van der Waals surface area contributed by atoms with Crippen LogP contribution in [0.25, 0.3) is 0 Å². The summed E-state index contributed by atoms with van der Waals surface area (Å²) >= 11 is 0. The number of carboxylic acid groups (broad SMARTS) is 1. The molecule has 1 rings (SSSR count). The second-order valence-corrected chi connectivity index (χ2v) is 2.80. The number of hydrogen-bond donors (Lipinski definition) is 1. The van der Waals surface area contributed by atoms with Gasteiger partial charge in [0, 0.05) is 12.1 Å². The molecule has 0 atom stereocenters. The van der Waals surface area contributed by atoms with Crippen molar-refractivity contribution in [3.63, 3.8) is 0 Å². The first kappa shape index (κ1) is 8.77. The zero-order valence-electron chi connectivity index (χ0n) is 6.80. The van der Waals surface area contributed by atoms with Crippen molar-refractivity contribution in [1.82, 2.24) is 4.90 Å². The molecule has 0 aromatic rings. The van der Waals surface area contributed by atoms with Crippen molar-refractivity contribution >= 4 is 6.09 Å². The van der Waals surface area contributed by atoms with E-state index in [-0.39, 0.29) is 13.1 Å². The van der Waals surface area contributed by atoms with Crippen molar-refractivity contribution in [2.24, 2.45) is 0 Å². The van der Waals surface area contributed by atoms with Gasteiger partial charge < -0.3 is 5.11 Å². The van der Waals surface area contributed by atoms with Gasteiger partial charge >= 0.3 is 6.09 Å². The standard InChI is InChI=1S/C8H10FNO2/c1-5-3-10(8(11)12)4-7(5)6(2)9/h2-4H2,1H3,(H,11,12). The summed E-state index contributed by atoms with van der Waals surface area (Å²) in [5, 5.41) is 8.58. The van der Waals surface area contributed by atoms with Gasteiger partial charge in [-0.15, -0.1) is 0 Å². The molecule has 3 nitrogen and oxygen atoms in total. The third kappa shape index (κ3) is 1.47. The topological polar surface area (TPSA) is 40.5 Å². The first-order valence-corrected chi connectivity index (χ1v) is 3.53. The molecule has 1 amide bonds. The molecule has 4 heteroatoms. The van der Waals surface area contributed by atoms with Crippen molar-refractivity contribution in [2.75, 3.05) is 13.1 Å². The Bertz CT molecular complexity index is 270. The average Bonchev–Trinajstić information content (AvgIpc) is 2.30. The highest BCUT2D eigenvalue weighted by molar-refractivity contribution is 5.67. The van der Waals surface area contributed by atoms with Gasteiger partial charge in [-0.05, 0) is 12.5 Å². The Kier molecular flexibility index (Phi) is 2.17. The zero-order valence-corrected chi connectivity index (χ0v) is 6.80. The summed E-state index contributed by atoms with van der Waals surface area (Å²) in [6.45, 7) is 5.26. The van der Waals surface area contributed by atoms with Crippen molar-refractivity contribution in [2.45, 2.75) is 6.92 Å². The minimum absolute atomic E-state index is 0.122. The lowest BCUT2D eigenvalue weighted by molar-refractivity contribution is 0.156. The van der Waals surface area contributed by atoms with Gasteiger partial charge in [0.1, 0.15) is 5.83 Å². The first-order chi connectivity index (χ1) is 5.52. The summed E-state index contributed by atoms with van der Waals surface area (Å²) in [4.78, 5) is 11.6. The molecule has 0 spiro atoms. The molecule has 66 valence electrons. The molecule has 12 heavy (non-hydrogen) atoms. The summed E-state index contributed by atoms with van der Waals surface area (Å²) in [6, 6.07) is 0. The highest BCUT2D eigenvalue weighted by Gasteiger charge is 2.24. The van der Waals surface area contributed by atoms with Gasteiger partial charge in [0.05, 0.1) is 6.54 Å². The summed E-state index contributed by atoms with van der Waals surface area (Å²) in [5.74, 6) is -0.531. The van der Waals surface area contributed by atoms with Gasteiger partial charge in [0.2, 0.25) is 0 Å². The predicted octanol–water partition coefficient (Wildman–Crippen LogP) is 1.78. The molecule has 0 saturated carbocycles. The monoisotopic (exact) mass is 171 g/mol. The van der Waals surface area contributed by atoms with E-state index in [1.807, 2.05) is 0 Å². The van der Waals surface area contributed by atoms with Crippen molar-refractivity contribution in [1.29, 1.82) is 0 Å². The van der Waals surface area contributed by atoms with E-state index >= 15 is 0 Å². The van der Waals surface area contributed by atoms with Crippen LogP contribution in [-0.4, -0.2) is 29.2 Å². The van der Waals surface area contributed by atoms with Crippen LogP contribution in [0.3, 0.4) is 0 Å². The van der Waals surface area contributed by atoms with Crippen LogP contribution in [0.2, 0.25) is 0 Å². The Hall–Kier alpha value is -1.32. The van der Waals surface area contributed by atoms with Crippen LogP contribution in [-0.2, 0) is 0 Å². The minimum Gasteiger partial charge on any atom is -0.465 e. The zero-order chi connectivity index (χ0) is 9.30. The van der Waals surface area contributed by atoms with E-state index < -0.39 is 11.9 Å². The lowest BCUT2D eigenvalue weighted by Crippen LogP contribution is -2.27. The SMILES string of the molecule is C=C(F)C1=C(C)CN(C(=O)O)C1. The fraction of sp³-hybridized carbons (Fsp3) is 0.375. The van der Waals surface area contributed by atoms with E-state index in [2.05, 4.69) is 6.58 Å². The van der Waals surface area contributed by atoms with Crippen molar-refractivity contribution in [3.8, 4) is 0 Å². The van der Waals surface area contributed by atoms with Crippen LogP contribution in [0, 0.1) is 0 Å². The molecule has 0 saturated heterocycles. The van der Waals surface area contributed by atoms with Crippen molar-refractivity contribution in [3.05, 3.63) is 23.6 Å². The fourth-order valence-corrected chi connectivity index (χ4v) is 1.22. The number of halogens is 1. The van der Waals surface area contributed by atoms with E-state index in [0.29, 0.717) is 5.57 Å². The molecule has 0 aromatic heterocycles. The fourth-order valence-electron chi connectivity index (χ4n) is 1.22. The molecular formula is C8H10FNO2. The van der Waals surface area contributed by atoms with Crippen LogP contribution in [0.4, 0.5) is 9.18 Å². The molecule has 0 radical (unpaired) electrons. The molecule has 1 heterocycles. The Morgan fingerprint density at radius 2 is 2.25 bits per heavy atom. The van der Waals surface area contributed by atoms with Crippen LogP contribution < -0.4 is 0 Å². The molecule has 1 N–H and O–H groups in total. The maximum Gasteiger partial charge on any atom is 0.407 e. The quantitative estimate of drug-likeness (QED) is 0.653. The molecule has 0 aliphatic carbocycles. The second kappa shape index (κ2) is 2.97. The Balaban J connectivity index is 2.74. The highest BCUT2D eigenvalue weighted by Crippen LogP contribution is 2.23. The summed E-state index contributed by atoms with van der Waals surface area (Å²) in [5.41, 5.74) is 1.15. The normalized spacial score (nSPS) is 17.0. The molecule has 1 aliphatic heterocycles. The van der Waals surface area contributed by atoms with E-state index in [4.69, 9.17) is 5.11 Å². The number of hydrogen-bond acceptors (Lipinski definition) is 1.